The van der Waals surface area contributed by atoms with Gasteiger partial charge in [-0.2, -0.15) is 4.31 Å². The maximum atomic E-state index is 13.1. The number of hydrogen-bond donors (Lipinski definition) is 2. The smallest absolute Gasteiger partial charge is 0.407 e. The van der Waals surface area contributed by atoms with Crippen LogP contribution in [0.1, 0.15) is 47.1 Å². The summed E-state index contributed by atoms with van der Waals surface area (Å²) in [7, 11) is -3.81. The molecule has 0 aliphatic carbocycles. The fraction of sp³-hybridized carbons (Fsp3) is 0.619. The Labute approximate surface area is 184 Å². The summed E-state index contributed by atoms with van der Waals surface area (Å²) in [5.41, 5.74) is -0.496. The maximum Gasteiger partial charge on any atom is 0.407 e. The Morgan fingerprint density at radius 2 is 1.26 bits per heavy atom. The number of rotatable bonds is 4. The highest BCUT2D eigenvalue weighted by Gasteiger charge is 2.42. The lowest BCUT2D eigenvalue weighted by Crippen LogP contribution is -2.52. The van der Waals surface area contributed by atoms with E-state index in [2.05, 4.69) is 10.6 Å². The maximum absolute atomic E-state index is 13.1. The largest absolute Gasteiger partial charge is 0.444 e. The van der Waals surface area contributed by atoms with E-state index in [0.29, 0.717) is 0 Å². The molecule has 1 aliphatic heterocycles. The Balaban J connectivity index is 2.22. The van der Waals surface area contributed by atoms with Crippen LogP contribution in [0.3, 0.4) is 0 Å². The van der Waals surface area contributed by atoms with Crippen molar-refractivity contribution in [2.24, 2.45) is 0 Å². The van der Waals surface area contributed by atoms with Crippen LogP contribution in [0.25, 0.3) is 0 Å². The molecule has 2 rings (SSSR count). The standard InChI is InChI=1S/C21H33N3O6S/c1-14-8-10-15(11-9-14)31(27,28)24-12-16(22-18(25)29-20(2,3)4)17(13-24)23-19(26)30-21(5,6)7/h8-11,16-17H,12-13H2,1-7H3,(H,22,25)(H,23,26)/t16-,17+. The second-order valence-corrected chi connectivity index (χ2v) is 11.6. The summed E-state index contributed by atoms with van der Waals surface area (Å²) in [5.74, 6) is 0. The molecule has 1 aliphatic rings. The van der Waals surface area contributed by atoms with Crippen LogP contribution in [0, 0.1) is 6.92 Å². The van der Waals surface area contributed by atoms with Crippen LogP contribution in [0.4, 0.5) is 9.59 Å². The lowest BCUT2D eigenvalue weighted by atomic mass is 10.1. The molecule has 174 valence electrons. The highest BCUT2D eigenvalue weighted by atomic mass is 32.2. The summed E-state index contributed by atoms with van der Waals surface area (Å²) in [6.45, 7) is 12.2. The van der Waals surface area contributed by atoms with Crippen molar-refractivity contribution >= 4 is 22.2 Å². The van der Waals surface area contributed by atoms with Crippen molar-refractivity contribution in [3.8, 4) is 0 Å². The minimum absolute atomic E-state index is 0.0179. The second kappa shape index (κ2) is 9.04. The van der Waals surface area contributed by atoms with Crippen molar-refractivity contribution in [3.05, 3.63) is 29.8 Å². The van der Waals surface area contributed by atoms with Gasteiger partial charge in [0.05, 0.1) is 17.0 Å². The summed E-state index contributed by atoms with van der Waals surface area (Å²) >= 11 is 0. The van der Waals surface area contributed by atoms with Crippen molar-refractivity contribution in [2.75, 3.05) is 13.1 Å². The summed E-state index contributed by atoms with van der Waals surface area (Å²) in [6, 6.07) is 5.13. The molecule has 1 saturated heterocycles. The Hall–Kier alpha value is -2.33. The average Bonchev–Trinajstić information content (AvgIpc) is 2.94. The molecule has 0 spiro atoms. The van der Waals surface area contributed by atoms with Crippen LogP contribution >= 0.6 is 0 Å². The van der Waals surface area contributed by atoms with Crippen molar-refractivity contribution < 1.29 is 27.5 Å². The zero-order valence-electron chi connectivity index (χ0n) is 19.2. The monoisotopic (exact) mass is 455 g/mol. The second-order valence-electron chi connectivity index (χ2n) is 9.64. The van der Waals surface area contributed by atoms with Gasteiger partial charge in [0.15, 0.2) is 0 Å². The third-order valence-corrected chi connectivity index (χ3v) is 6.20. The molecule has 2 N–H and O–H groups in total. The van der Waals surface area contributed by atoms with Gasteiger partial charge in [-0.15, -0.1) is 0 Å². The topological polar surface area (TPSA) is 114 Å². The van der Waals surface area contributed by atoms with Gasteiger partial charge in [-0.1, -0.05) is 17.7 Å². The van der Waals surface area contributed by atoms with Gasteiger partial charge >= 0.3 is 12.2 Å². The third-order valence-electron chi connectivity index (χ3n) is 4.35. The number of ether oxygens (including phenoxy) is 2. The summed E-state index contributed by atoms with van der Waals surface area (Å²) in [5, 5.41) is 5.36. The van der Waals surface area contributed by atoms with E-state index in [-0.39, 0.29) is 18.0 Å². The van der Waals surface area contributed by atoms with E-state index >= 15 is 0 Å². The summed E-state index contributed by atoms with van der Waals surface area (Å²) in [6.07, 6.45) is -1.38. The van der Waals surface area contributed by atoms with Gasteiger partial charge < -0.3 is 20.1 Å². The minimum atomic E-state index is -3.81. The number of sulfonamides is 1. The molecule has 0 saturated carbocycles. The molecule has 0 unspecified atom stereocenters. The Morgan fingerprint density at radius 3 is 1.61 bits per heavy atom. The van der Waals surface area contributed by atoms with Crippen LogP contribution < -0.4 is 10.6 Å². The molecule has 9 nitrogen and oxygen atoms in total. The number of alkyl carbamates (subject to hydrolysis) is 2. The third kappa shape index (κ3) is 7.39. The summed E-state index contributed by atoms with van der Waals surface area (Å²) in [4.78, 5) is 24.7. The lowest BCUT2D eigenvalue weighted by molar-refractivity contribution is 0.0447. The zero-order valence-corrected chi connectivity index (χ0v) is 20.0. The summed E-state index contributed by atoms with van der Waals surface area (Å²) < 4.78 is 38.0. The van der Waals surface area contributed by atoms with E-state index in [4.69, 9.17) is 9.47 Å². The molecule has 0 radical (unpaired) electrons. The first kappa shape index (κ1) is 24.9. The first-order valence-electron chi connectivity index (χ1n) is 10.1. The van der Waals surface area contributed by atoms with Gasteiger partial charge in [-0.25, -0.2) is 18.0 Å². The van der Waals surface area contributed by atoms with E-state index in [1.165, 1.54) is 16.4 Å². The van der Waals surface area contributed by atoms with E-state index in [1.807, 2.05) is 6.92 Å². The van der Waals surface area contributed by atoms with Crippen molar-refractivity contribution in [3.63, 3.8) is 0 Å². The number of amides is 2. The number of carbonyl (C=O) groups is 2. The molecule has 1 fully saturated rings. The van der Waals surface area contributed by atoms with Gasteiger partial charge in [-0.05, 0) is 60.6 Å². The SMILES string of the molecule is Cc1ccc(S(=O)(=O)N2C[C@H](NC(=O)OC(C)(C)C)[C@H](NC(=O)OC(C)(C)C)C2)cc1. The van der Waals surface area contributed by atoms with E-state index in [1.54, 1.807) is 53.7 Å². The van der Waals surface area contributed by atoms with Crippen LogP contribution in [0.2, 0.25) is 0 Å². The van der Waals surface area contributed by atoms with Crippen LogP contribution in [-0.4, -0.2) is 61.3 Å². The van der Waals surface area contributed by atoms with Gasteiger partial charge in [-0.3, -0.25) is 0 Å². The number of hydrogen-bond acceptors (Lipinski definition) is 6. The van der Waals surface area contributed by atoms with E-state index in [0.717, 1.165) is 5.56 Å². The quantitative estimate of drug-likeness (QED) is 0.722. The van der Waals surface area contributed by atoms with E-state index in [9.17, 15) is 18.0 Å². The fourth-order valence-corrected chi connectivity index (χ4v) is 4.53. The number of benzene rings is 1. The van der Waals surface area contributed by atoms with Gasteiger partial charge in [0.1, 0.15) is 11.2 Å². The van der Waals surface area contributed by atoms with Crippen LogP contribution in [0.15, 0.2) is 29.2 Å². The first-order valence-corrected chi connectivity index (χ1v) is 11.6. The highest BCUT2D eigenvalue weighted by Crippen LogP contribution is 2.23. The normalized spacial score (nSPS) is 20.2. The first-order chi connectivity index (χ1) is 14.1. The van der Waals surface area contributed by atoms with E-state index < -0.39 is 45.5 Å². The molecule has 10 heteroatoms. The molecule has 31 heavy (non-hydrogen) atoms. The average molecular weight is 456 g/mol. The van der Waals surface area contributed by atoms with Crippen molar-refractivity contribution in [1.82, 2.24) is 14.9 Å². The molecule has 1 aromatic rings. The minimum Gasteiger partial charge on any atom is -0.444 e. The molecule has 0 bridgehead atoms. The molecular formula is C21H33N3O6S. The lowest BCUT2D eigenvalue weighted by Gasteiger charge is -2.26. The number of carbonyl (C=O) groups excluding carboxylic acids is 2. The molecule has 2 amide bonds. The van der Waals surface area contributed by atoms with Gasteiger partial charge in [0.25, 0.3) is 0 Å². The zero-order chi connectivity index (χ0) is 23.6. The van der Waals surface area contributed by atoms with Crippen LogP contribution in [-0.2, 0) is 19.5 Å². The predicted octanol–water partition coefficient (Wildman–Crippen LogP) is 2.79. The Morgan fingerprint density at radius 1 is 0.871 bits per heavy atom. The Kier molecular flexibility index (Phi) is 7.27. The van der Waals surface area contributed by atoms with Crippen molar-refractivity contribution in [1.29, 1.82) is 0 Å². The highest BCUT2D eigenvalue weighted by molar-refractivity contribution is 7.89. The molecule has 1 aromatic carbocycles. The number of aryl methyl sites for hydroxylation is 1. The number of nitrogens with one attached hydrogen (secondary N) is 2. The molecule has 2 atom stereocenters. The molecule has 1 heterocycles. The molecular weight excluding hydrogens is 422 g/mol. The van der Waals surface area contributed by atoms with Gasteiger partial charge in [0, 0.05) is 13.1 Å². The van der Waals surface area contributed by atoms with Gasteiger partial charge in [0.2, 0.25) is 10.0 Å². The fourth-order valence-electron chi connectivity index (χ4n) is 3.03. The molecule has 0 aromatic heterocycles. The predicted molar refractivity (Wildman–Crippen MR) is 116 cm³/mol. The van der Waals surface area contributed by atoms with Crippen LogP contribution in [0.5, 0.6) is 0 Å². The Bertz CT molecular complexity index is 863. The number of nitrogens with zero attached hydrogens (tertiary/aromatic N) is 1. The van der Waals surface area contributed by atoms with Crippen molar-refractivity contribution in [2.45, 2.75) is 76.6 Å².